The molecule has 1 aliphatic rings. The van der Waals surface area contributed by atoms with Crippen LogP contribution in [-0.4, -0.2) is 29.8 Å². The van der Waals surface area contributed by atoms with Gasteiger partial charge in [-0.2, -0.15) is 0 Å². The van der Waals surface area contributed by atoms with E-state index in [1.807, 2.05) is 60.7 Å². The second-order valence-electron chi connectivity index (χ2n) is 7.42. The Balaban J connectivity index is 1.48. The first-order chi connectivity index (χ1) is 14.6. The normalized spacial score (nSPS) is 14.4. The summed E-state index contributed by atoms with van der Waals surface area (Å²) in [5, 5.41) is 0. The maximum Gasteiger partial charge on any atom is 0.329 e. The van der Waals surface area contributed by atoms with Gasteiger partial charge in [-0.1, -0.05) is 36.4 Å². The van der Waals surface area contributed by atoms with Crippen molar-refractivity contribution in [3.05, 3.63) is 96.3 Å². The number of anilines is 2. The largest absolute Gasteiger partial charge is 0.329 e. The van der Waals surface area contributed by atoms with Crippen LogP contribution in [0, 0.1) is 11.7 Å². The highest BCUT2D eigenvalue weighted by molar-refractivity contribution is 6.00. The van der Waals surface area contributed by atoms with E-state index in [2.05, 4.69) is 0 Å². The molecule has 4 nitrogen and oxygen atoms in total. The number of carbonyl (C=O) groups is 2. The van der Waals surface area contributed by atoms with E-state index in [-0.39, 0.29) is 23.5 Å². The summed E-state index contributed by atoms with van der Waals surface area (Å²) in [7, 11) is 0. The van der Waals surface area contributed by atoms with E-state index >= 15 is 0 Å². The van der Waals surface area contributed by atoms with Gasteiger partial charge in [0.15, 0.2) is 5.78 Å². The third kappa shape index (κ3) is 4.25. The van der Waals surface area contributed by atoms with Crippen molar-refractivity contribution in [3.8, 4) is 0 Å². The summed E-state index contributed by atoms with van der Waals surface area (Å²) in [6, 6.07) is 24.7. The summed E-state index contributed by atoms with van der Waals surface area (Å²) in [6.45, 7) is 1.01. The fourth-order valence-corrected chi connectivity index (χ4v) is 3.85. The molecule has 0 aliphatic carbocycles. The molecule has 3 aromatic carbocycles. The van der Waals surface area contributed by atoms with Gasteiger partial charge in [0.2, 0.25) is 0 Å². The van der Waals surface area contributed by atoms with Crippen molar-refractivity contribution in [3.63, 3.8) is 0 Å². The summed E-state index contributed by atoms with van der Waals surface area (Å²) in [4.78, 5) is 29.6. The summed E-state index contributed by atoms with van der Waals surface area (Å²) in [5.74, 6) is -0.486. The number of hydrogen-bond acceptors (Lipinski definition) is 2. The van der Waals surface area contributed by atoms with Gasteiger partial charge in [-0.3, -0.25) is 9.69 Å². The van der Waals surface area contributed by atoms with E-state index in [4.69, 9.17) is 0 Å². The number of urea groups is 1. The van der Waals surface area contributed by atoms with E-state index in [0.29, 0.717) is 31.5 Å². The van der Waals surface area contributed by atoms with E-state index in [1.165, 1.54) is 24.3 Å². The number of piperidine rings is 1. The third-order valence-electron chi connectivity index (χ3n) is 5.49. The zero-order valence-electron chi connectivity index (χ0n) is 16.6. The van der Waals surface area contributed by atoms with Crippen molar-refractivity contribution >= 4 is 23.2 Å². The Kier molecular flexibility index (Phi) is 5.89. The number of para-hydroxylation sites is 2. The van der Waals surface area contributed by atoms with Crippen LogP contribution in [0.25, 0.3) is 0 Å². The Morgan fingerprint density at radius 2 is 1.27 bits per heavy atom. The molecule has 1 saturated heterocycles. The molecule has 1 heterocycles. The van der Waals surface area contributed by atoms with E-state index in [9.17, 15) is 14.0 Å². The van der Waals surface area contributed by atoms with Gasteiger partial charge in [0.1, 0.15) is 5.82 Å². The number of rotatable bonds is 4. The zero-order chi connectivity index (χ0) is 20.9. The van der Waals surface area contributed by atoms with Crippen LogP contribution >= 0.6 is 0 Å². The van der Waals surface area contributed by atoms with Crippen LogP contribution in [0.3, 0.4) is 0 Å². The number of Topliss-reactive ketones (excluding diaryl/α,β-unsaturated/α-hetero) is 1. The van der Waals surface area contributed by atoms with Gasteiger partial charge in [-0.15, -0.1) is 0 Å². The molecule has 0 spiro atoms. The van der Waals surface area contributed by atoms with Crippen LogP contribution < -0.4 is 4.90 Å². The third-order valence-corrected chi connectivity index (χ3v) is 5.49. The molecule has 30 heavy (non-hydrogen) atoms. The summed E-state index contributed by atoms with van der Waals surface area (Å²) < 4.78 is 13.1. The van der Waals surface area contributed by atoms with Gasteiger partial charge in [-0.25, -0.2) is 9.18 Å². The van der Waals surface area contributed by atoms with Gasteiger partial charge in [0, 0.05) is 24.6 Å². The first kappa shape index (κ1) is 19.8. The van der Waals surface area contributed by atoms with Crippen LogP contribution in [0.15, 0.2) is 84.9 Å². The number of hydrogen-bond donors (Lipinski definition) is 0. The number of likely N-dealkylation sites (tertiary alicyclic amines) is 1. The number of benzene rings is 3. The summed E-state index contributed by atoms with van der Waals surface area (Å²) in [6.07, 6.45) is 1.19. The molecule has 1 fully saturated rings. The fourth-order valence-electron chi connectivity index (χ4n) is 3.85. The number of ketones is 1. The highest BCUT2D eigenvalue weighted by Crippen LogP contribution is 2.29. The molecular formula is C25H23FN2O2. The van der Waals surface area contributed by atoms with Crippen molar-refractivity contribution in [1.29, 1.82) is 0 Å². The molecule has 0 aromatic heterocycles. The lowest BCUT2D eigenvalue weighted by molar-refractivity contribution is 0.0857. The van der Waals surface area contributed by atoms with Gasteiger partial charge < -0.3 is 4.90 Å². The van der Waals surface area contributed by atoms with Crippen LogP contribution in [0.4, 0.5) is 20.6 Å². The topological polar surface area (TPSA) is 40.6 Å². The minimum atomic E-state index is -0.353. The zero-order valence-corrected chi connectivity index (χ0v) is 16.6. The van der Waals surface area contributed by atoms with Crippen LogP contribution in [0.2, 0.25) is 0 Å². The smallest absolute Gasteiger partial charge is 0.324 e. The molecule has 4 rings (SSSR count). The van der Waals surface area contributed by atoms with Crippen molar-refractivity contribution in [2.24, 2.45) is 5.92 Å². The maximum atomic E-state index is 13.4. The molecule has 0 bridgehead atoms. The summed E-state index contributed by atoms with van der Waals surface area (Å²) >= 11 is 0. The maximum absolute atomic E-state index is 13.4. The first-order valence-electron chi connectivity index (χ1n) is 10.1. The average molecular weight is 402 g/mol. The van der Waals surface area contributed by atoms with Crippen molar-refractivity contribution in [1.82, 2.24) is 4.90 Å². The lowest BCUT2D eigenvalue weighted by Crippen LogP contribution is -2.46. The van der Waals surface area contributed by atoms with Gasteiger partial charge >= 0.3 is 6.03 Å². The predicted molar refractivity (Wildman–Crippen MR) is 115 cm³/mol. The monoisotopic (exact) mass is 402 g/mol. The van der Waals surface area contributed by atoms with Crippen molar-refractivity contribution < 1.29 is 14.0 Å². The Morgan fingerprint density at radius 3 is 1.77 bits per heavy atom. The molecule has 0 atom stereocenters. The summed E-state index contributed by atoms with van der Waals surface area (Å²) in [5.41, 5.74) is 2.13. The fraction of sp³-hybridized carbons (Fsp3) is 0.200. The molecule has 5 heteroatoms. The SMILES string of the molecule is O=C(c1ccc(F)cc1)C1CCN(C(=O)N(c2ccccc2)c2ccccc2)CC1. The molecule has 0 unspecified atom stereocenters. The quantitative estimate of drug-likeness (QED) is 0.527. The number of carbonyl (C=O) groups excluding carboxylic acids is 2. The standard InChI is InChI=1S/C25H23FN2O2/c26-21-13-11-19(12-14-21)24(29)20-15-17-27(18-16-20)25(30)28(22-7-3-1-4-8-22)23-9-5-2-6-10-23/h1-14,20H,15-18H2. The predicted octanol–water partition coefficient (Wildman–Crippen LogP) is 5.68. The van der Waals surface area contributed by atoms with E-state index in [1.54, 1.807) is 9.80 Å². The van der Waals surface area contributed by atoms with Crippen molar-refractivity contribution in [2.75, 3.05) is 18.0 Å². The average Bonchev–Trinajstić information content (AvgIpc) is 2.81. The number of nitrogens with zero attached hydrogens (tertiary/aromatic N) is 2. The van der Waals surface area contributed by atoms with Crippen molar-refractivity contribution in [2.45, 2.75) is 12.8 Å². The highest BCUT2D eigenvalue weighted by atomic mass is 19.1. The molecule has 0 saturated carbocycles. The van der Waals surface area contributed by atoms with Crippen LogP contribution in [-0.2, 0) is 0 Å². The highest BCUT2D eigenvalue weighted by Gasteiger charge is 2.31. The Morgan fingerprint density at radius 1 is 0.767 bits per heavy atom. The lowest BCUT2D eigenvalue weighted by atomic mass is 9.89. The van der Waals surface area contributed by atoms with E-state index in [0.717, 1.165) is 11.4 Å². The van der Waals surface area contributed by atoms with Gasteiger partial charge in [0.05, 0.1) is 11.4 Å². The molecule has 1 aliphatic heterocycles. The number of halogens is 1. The Hall–Kier alpha value is -3.47. The number of amides is 2. The molecule has 152 valence electrons. The molecule has 0 radical (unpaired) electrons. The molecular weight excluding hydrogens is 379 g/mol. The van der Waals surface area contributed by atoms with Crippen LogP contribution in [0.1, 0.15) is 23.2 Å². The van der Waals surface area contributed by atoms with Gasteiger partial charge in [0.25, 0.3) is 0 Å². The van der Waals surface area contributed by atoms with Gasteiger partial charge in [-0.05, 0) is 61.4 Å². The Bertz CT molecular complexity index is 959. The Labute approximate surface area is 175 Å². The van der Waals surface area contributed by atoms with Crippen LogP contribution in [0.5, 0.6) is 0 Å². The lowest BCUT2D eigenvalue weighted by Gasteiger charge is -2.35. The minimum absolute atomic E-state index is 0.0186. The molecule has 3 aromatic rings. The second-order valence-corrected chi connectivity index (χ2v) is 7.42. The molecule has 0 N–H and O–H groups in total. The first-order valence-corrected chi connectivity index (χ1v) is 10.1. The minimum Gasteiger partial charge on any atom is -0.324 e. The second kappa shape index (κ2) is 8.91. The van der Waals surface area contributed by atoms with E-state index < -0.39 is 0 Å². The molecule has 2 amide bonds.